The number of nitrogens with two attached hydrogens (primary N) is 1. The van der Waals surface area contributed by atoms with E-state index < -0.39 is 12.1 Å². The van der Waals surface area contributed by atoms with Gasteiger partial charge in [0.15, 0.2) is 6.10 Å². The minimum Gasteiger partial charge on any atom is -0.480 e. The number of nitrogens with zero attached hydrogens (tertiary/aromatic N) is 1. The highest BCUT2D eigenvalue weighted by Crippen LogP contribution is 2.23. The van der Waals surface area contributed by atoms with Gasteiger partial charge in [-0.15, -0.1) is 0 Å². The fourth-order valence-corrected chi connectivity index (χ4v) is 2.25. The lowest BCUT2D eigenvalue weighted by Crippen LogP contribution is -2.38. The van der Waals surface area contributed by atoms with Crippen molar-refractivity contribution in [3.05, 3.63) is 23.8 Å². The van der Waals surface area contributed by atoms with Gasteiger partial charge in [0, 0.05) is 18.8 Å². The van der Waals surface area contributed by atoms with Gasteiger partial charge in [0.25, 0.3) is 5.91 Å². The average Bonchev–Trinajstić information content (AvgIpc) is 2.93. The number of likely N-dealkylation sites (tertiary alicyclic amines) is 1. The molecule has 20 heavy (non-hydrogen) atoms. The number of nitrogen functional groups attached to an aromatic ring is 1. The molecule has 1 aromatic carbocycles. The Bertz CT molecular complexity index is 524. The molecule has 108 valence electrons. The highest BCUT2D eigenvalue weighted by atomic mass is 16.5. The van der Waals surface area contributed by atoms with Crippen molar-refractivity contribution in [1.29, 1.82) is 0 Å². The molecule has 1 saturated heterocycles. The summed E-state index contributed by atoms with van der Waals surface area (Å²) in [6.07, 6.45) is 1.29. The first-order valence-electron chi connectivity index (χ1n) is 6.57. The van der Waals surface area contributed by atoms with E-state index in [1.807, 2.05) is 0 Å². The maximum atomic E-state index is 12.1. The van der Waals surface area contributed by atoms with E-state index >= 15 is 0 Å². The molecule has 6 heteroatoms. The zero-order chi connectivity index (χ0) is 14.7. The second-order valence-electron chi connectivity index (χ2n) is 4.85. The van der Waals surface area contributed by atoms with Gasteiger partial charge in [0.05, 0.1) is 0 Å². The molecule has 0 aromatic heterocycles. The van der Waals surface area contributed by atoms with E-state index in [-0.39, 0.29) is 17.2 Å². The lowest BCUT2D eigenvalue weighted by atomic mass is 10.2. The van der Waals surface area contributed by atoms with Crippen LogP contribution in [0.5, 0.6) is 5.75 Å². The molecule has 0 bridgehead atoms. The fraction of sp³-hybridized carbons (Fsp3) is 0.429. The smallest absolute Gasteiger partial charge is 0.339 e. The number of benzene rings is 1. The molecule has 1 fully saturated rings. The number of hydrogen-bond acceptors (Lipinski definition) is 4. The zero-order valence-electron chi connectivity index (χ0n) is 11.3. The number of anilines is 1. The van der Waals surface area contributed by atoms with Crippen LogP contribution in [0.1, 0.15) is 30.1 Å². The number of ether oxygens (including phenoxy) is 1. The zero-order valence-corrected chi connectivity index (χ0v) is 11.3. The summed E-state index contributed by atoms with van der Waals surface area (Å²) < 4.78 is 5.51. The van der Waals surface area contributed by atoms with Crippen LogP contribution in [0.3, 0.4) is 0 Å². The third kappa shape index (κ3) is 3.01. The summed E-state index contributed by atoms with van der Waals surface area (Å²) in [6.45, 7) is 3.10. The Morgan fingerprint density at radius 2 is 2.00 bits per heavy atom. The SMILES string of the molecule is CC(Oc1ccc(N)cc1C(=O)O)C(=O)N1CCCC1. The van der Waals surface area contributed by atoms with Crippen LogP contribution >= 0.6 is 0 Å². The van der Waals surface area contributed by atoms with Gasteiger partial charge in [-0.3, -0.25) is 4.79 Å². The molecule has 1 aliphatic rings. The molecule has 6 nitrogen and oxygen atoms in total. The van der Waals surface area contributed by atoms with Crippen LogP contribution in [0, 0.1) is 0 Å². The van der Waals surface area contributed by atoms with E-state index in [1.54, 1.807) is 17.9 Å². The van der Waals surface area contributed by atoms with Crippen molar-refractivity contribution in [3.63, 3.8) is 0 Å². The van der Waals surface area contributed by atoms with Crippen molar-refractivity contribution < 1.29 is 19.4 Å². The second kappa shape index (κ2) is 5.81. The molecule has 2 rings (SSSR count). The highest BCUT2D eigenvalue weighted by molar-refractivity contribution is 5.92. The van der Waals surface area contributed by atoms with Gasteiger partial charge >= 0.3 is 5.97 Å². The van der Waals surface area contributed by atoms with Crippen molar-refractivity contribution in [2.75, 3.05) is 18.8 Å². The predicted molar refractivity (Wildman–Crippen MR) is 73.7 cm³/mol. The molecular formula is C14H18N2O4. The maximum absolute atomic E-state index is 12.1. The molecule has 0 aliphatic carbocycles. The lowest BCUT2D eigenvalue weighted by molar-refractivity contribution is -0.136. The van der Waals surface area contributed by atoms with E-state index in [9.17, 15) is 9.59 Å². The molecule has 1 aliphatic heterocycles. The summed E-state index contributed by atoms with van der Waals surface area (Å²) in [5, 5.41) is 9.12. The first-order chi connectivity index (χ1) is 9.49. The van der Waals surface area contributed by atoms with Crippen molar-refractivity contribution in [3.8, 4) is 5.75 Å². The van der Waals surface area contributed by atoms with Crippen LogP contribution in [-0.4, -0.2) is 41.1 Å². The number of aromatic carboxylic acids is 1. The molecule has 0 spiro atoms. The van der Waals surface area contributed by atoms with Crippen LogP contribution < -0.4 is 10.5 Å². The van der Waals surface area contributed by atoms with Crippen LogP contribution in [0.25, 0.3) is 0 Å². The van der Waals surface area contributed by atoms with E-state index in [0.29, 0.717) is 5.69 Å². The highest BCUT2D eigenvalue weighted by Gasteiger charge is 2.25. The van der Waals surface area contributed by atoms with E-state index in [4.69, 9.17) is 15.6 Å². The molecule has 1 unspecified atom stereocenters. The number of rotatable bonds is 4. The van der Waals surface area contributed by atoms with Gasteiger partial charge < -0.3 is 20.5 Å². The van der Waals surface area contributed by atoms with Crippen molar-refractivity contribution >= 4 is 17.6 Å². The van der Waals surface area contributed by atoms with Gasteiger partial charge in [-0.2, -0.15) is 0 Å². The van der Waals surface area contributed by atoms with Gasteiger partial charge in [-0.25, -0.2) is 4.79 Å². The van der Waals surface area contributed by atoms with Gasteiger partial charge in [-0.1, -0.05) is 0 Å². The van der Waals surface area contributed by atoms with E-state index in [1.165, 1.54) is 12.1 Å². The van der Waals surface area contributed by atoms with E-state index in [2.05, 4.69) is 0 Å². The number of amides is 1. The third-order valence-electron chi connectivity index (χ3n) is 3.30. The van der Waals surface area contributed by atoms with Gasteiger partial charge in [-0.05, 0) is 38.0 Å². The van der Waals surface area contributed by atoms with Crippen LogP contribution in [0.15, 0.2) is 18.2 Å². The Balaban J connectivity index is 2.12. The molecular weight excluding hydrogens is 260 g/mol. The topological polar surface area (TPSA) is 92.9 Å². The molecule has 3 N–H and O–H groups in total. The summed E-state index contributed by atoms with van der Waals surface area (Å²) >= 11 is 0. The molecule has 1 amide bonds. The largest absolute Gasteiger partial charge is 0.480 e. The van der Waals surface area contributed by atoms with Crippen molar-refractivity contribution in [2.45, 2.75) is 25.9 Å². The Morgan fingerprint density at radius 3 is 2.60 bits per heavy atom. The van der Waals surface area contributed by atoms with Crippen LogP contribution in [0.2, 0.25) is 0 Å². The number of carbonyl (C=O) groups excluding carboxylic acids is 1. The van der Waals surface area contributed by atoms with Gasteiger partial charge in [0.2, 0.25) is 0 Å². The maximum Gasteiger partial charge on any atom is 0.339 e. The average molecular weight is 278 g/mol. The molecule has 1 heterocycles. The summed E-state index contributed by atoms with van der Waals surface area (Å²) in [5.74, 6) is -1.09. The molecule has 1 atom stereocenters. The number of carbonyl (C=O) groups is 2. The minimum absolute atomic E-state index is 0.0360. The minimum atomic E-state index is -1.13. The standard InChI is InChI=1S/C14H18N2O4/c1-9(13(17)16-6-2-3-7-16)20-12-5-4-10(15)8-11(12)14(18)19/h4-5,8-9H,2-3,6-7,15H2,1H3,(H,18,19). The summed E-state index contributed by atoms with van der Waals surface area (Å²) in [7, 11) is 0. The first-order valence-corrected chi connectivity index (χ1v) is 6.57. The fourth-order valence-electron chi connectivity index (χ4n) is 2.25. The quantitative estimate of drug-likeness (QED) is 0.811. The molecule has 0 radical (unpaired) electrons. The predicted octanol–water partition coefficient (Wildman–Crippen LogP) is 1.36. The Labute approximate surface area is 117 Å². The Kier molecular flexibility index (Phi) is 4.12. The Hall–Kier alpha value is -2.24. The van der Waals surface area contributed by atoms with E-state index in [0.717, 1.165) is 25.9 Å². The third-order valence-corrected chi connectivity index (χ3v) is 3.30. The van der Waals surface area contributed by atoms with Crippen molar-refractivity contribution in [2.24, 2.45) is 0 Å². The lowest BCUT2D eigenvalue weighted by Gasteiger charge is -2.21. The number of carboxylic acids is 1. The first kappa shape index (κ1) is 14.2. The van der Waals surface area contributed by atoms with Crippen LogP contribution in [0.4, 0.5) is 5.69 Å². The Morgan fingerprint density at radius 1 is 1.35 bits per heavy atom. The summed E-state index contributed by atoms with van der Waals surface area (Å²) in [5.41, 5.74) is 5.87. The van der Waals surface area contributed by atoms with Gasteiger partial charge in [0.1, 0.15) is 11.3 Å². The molecule has 0 saturated carbocycles. The second-order valence-corrected chi connectivity index (χ2v) is 4.85. The summed E-state index contributed by atoms with van der Waals surface area (Å²) in [6, 6.07) is 4.35. The van der Waals surface area contributed by atoms with Crippen LogP contribution in [-0.2, 0) is 4.79 Å². The summed E-state index contributed by atoms with van der Waals surface area (Å²) in [4.78, 5) is 25.0. The molecule has 1 aromatic rings. The number of hydrogen-bond donors (Lipinski definition) is 2. The number of carboxylic acid groups (broad SMARTS) is 1. The monoisotopic (exact) mass is 278 g/mol. The van der Waals surface area contributed by atoms with Crippen molar-refractivity contribution in [1.82, 2.24) is 4.90 Å². The normalized spacial score (nSPS) is 15.9.